The number of hydrogen-bond donors (Lipinski definition) is 0. The van der Waals surface area contributed by atoms with E-state index in [4.69, 9.17) is 0 Å². The van der Waals surface area contributed by atoms with Gasteiger partial charge in [0.1, 0.15) is 11.6 Å². The highest BCUT2D eigenvalue weighted by Gasteiger charge is 2.15. The average molecular weight is 407 g/mol. The van der Waals surface area contributed by atoms with E-state index in [2.05, 4.69) is 35.0 Å². The van der Waals surface area contributed by atoms with Gasteiger partial charge in [-0.2, -0.15) is 5.26 Å². The number of nitriles is 1. The van der Waals surface area contributed by atoms with E-state index in [9.17, 15) is 10.1 Å². The molecular weight excluding hydrogens is 388 g/mol. The molecule has 130 valence electrons. The molecule has 0 fully saturated rings. The van der Waals surface area contributed by atoms with Crippen molar-refractivity contribution < 1.29 is 0 Å². The lowest BCUT2D eigenvalue weighted by atomic mass is 10.0. The van der Waals surface area contributed by atoms with E-state index in [1.54, 1.807) is 4.57 Å². The molecule has 0 atom stereocenters. The van der Waals surface area contributed by atoms with E-state index in [0.717, 1.165) is 26.9 Å². The molecule has 0 amide bonds. The summed E-state index contributed by atoms with van der Waals surface area (Å²) in [6.07, 6.45) is 0. The van der Waals surface area contributed by atoms with Crippen molar-refractivity contribution in [1.29, 1.82) is 5.26 Å². The smallest absolute Gasteiger partial charge is 0.269 e. The largest absolute Gasteiger partial charge is 0.303 e. The van der Waals surface area contributed by atoms with Crippen molar-refractivity contribution in [2.45, 2.75) is 27.3 Å². The summed E-state index contributed by atoms with van der Waals surface area (Å²) in [4.78, 5) is 13.0. The number of benzene rings is 2. The van der Waals surface area contributed by atoms with Gasteiger partial charge in [-0.15, -0.1) is 0 Å². The molecular formula is C22H19BrN2O. The van der Waals surface area contributed by atoms with Crippen LogP contribution in [0.15, 0.2) is 57.8 Å². The Morgan fingerprint density at radius 1 is 1.00 bits per heavy atom. The fraction of sp³-hybridized carbons (Fsp3) is 0.182. The minimum absolute atomic E-state index is 0.204. The fourth-order valence-corrected chi connectivity index (χ4v) is 3.38. The standard InChI is InChI=1S/C22H19BrN2O/c1-14-4-5-18(15(2)10-14)13-25-21(17-6-8-19(23)9-7-17)11-16(3)20(12-24)22(25)26/h4-11H,13H2,1-3H3. The highest BCUT2D eigenvalue weighted by atomic mass is 79.9. The van der Waals surface area contributed by atoms with Gasteiger partial charge in [-0.3, -0.25) is 4.79 Å². The van der Waals surface area contributed by atoms with Crippen LogP contribution < -0.4 is 5.56 Å². The average Bonchev–Trinajstić information content (AvgIpc) is 2.60. The van der Waals surface area contributed by atoms with Gasteiger partial charge in [-0.05, 0) is 61.2 Å². The molecule has 3 aromatic rings. The zero-order chi connectivity index (χ0) is 18.8. The first-order chi connectivity index (χ1) is 12.4. The summed E-state index contributed by atoms with van der Waals surface area (Å²) >= 11 is 3.45. The van der Waals surface area contributed by atoms with Gasteiger partial charge < -0.3 is 4.57 Å². The molecule has 0 saturated carbocycles. The number of nitrogens with zero attached hydrogens (tertiary/aromatic N) is 2. The Morgan fingerprint density at radius 2 is 1.69 bits per heavy atom. The molecule has 3 rings (SSSR count). The first-order valence-corrected chi connectivity index (χ1v) is 9.16. The van der Waals surface area contributed by atoms with Crippen LogP contribution in [0.1, 0.15) is 27.8 Å². The SMILES string of the molecule is Cc1ccc(Cn2c(-c3ccc(Br)cc3)cc(C)c(C#N)c2=O)c(C)c1. The van der Waals surface area contributed by atoms with Crippen molar-refractivity contribution in [3.63, 3.8) is 0 Å². The molecule has 0 spiro atoms. The molecule has 0 saturated heterocycles. The van der Waals surface area contributed by atoms with Crippen LogP contribution in [0.4, 0.5) is 0 Å². The fourth-order valence-electron chi connectivity index (χ4n) is 3.11. The third kappa shape index (κ3) is 3.49. The van der Waals surface area contributed by atoms with Crippen LogP contribution in [0.3, 0.4) is 0 Å². The maximum atomic E-state index is 13.0. The quantitative estimate of drug-likeness (QED) is 0.605. The summed E-state index contributed by atoms with van der Waals surface area (Å²) in [6.45, 7) is 6.34. The van der Waals surface area contributed by atoms with Gasteiger partial charge in [-0.25, -0.2) is 0 Å². The molecule has 2 aromatic carbocycles. The Hall–Kier alpha value is -2.64. The Balaban J connectivity index is 2.23. The highest BCUT2D eigenvalue weighted by molar-refractivity contribution is 9.10. The normalized spacial score (nSPS) is 10.6. The van der Waals surface area contributed by atoms with Gasteiger partial charge in [0.25, 0.3) is 5.56 Å². The molecule has 1 aromatic heterocycles. The van der Waals surface area contributed by atoms with E-state index in [1.807, 2.05) is 56.3 Å². The summed E-state index contributed by atoms with van der Waals surface area (Å²) in [6, 6.07) is 18.0. The van der Waals surface area contributed by atoms with Gasteiger partial charge in [0.05, 0.1) is 12.2 Å². The zero-order valence-electron chi connectivity index (χ0n) is 15.0. The molecule has 3 nitrogen and oxygen atoms in total. The lowest BCUT2D eigenvalue weighted by Gasteiger charge is -2.17. The minimum Gasteiger partial charge on any atom is -0.303 e. The van der Waals surface area contributed by atoms with E-state index in [-0.39, 0.29) is 11.1 Å². The first-order valence-electron chi connectivity index (χ1n) is 8.37. The number of hydrogen-bond acceptors (Lipinski definition) is 2. The summed E-state index contributed by atoms with van der Waals surface area (Å²) in [5, 5.41) is 9.41. The third-order valence-electron chi connectivity index (χ3n) is 4.58. The van der Waals surface area contributed by atoms with Gasteiger partial charge in [0.2, 0.25) is 0 Å². The van der Waals surface area contributed by atoms with Crippen LogP contribution in [-0.4, -0.2) is 4.57 Å². The second-order valence-electron chi connectivity index (χ2n) is 6.53. The Bertz CT molecular complexity index is 1070. The van der Waals surface area contributed by atoms with Crippen LogP contribution in [0.5, 0.6) is 0 Å². The zero-order valence-corrected chi connectivity index (χ0v) is 16.6. The minimum atomic E-state index is -0.245. The van der Waals surface area contributed by atoms with E-state index < -0.39 is 0 Å². The highest BCUT2D eigenvalue weighted by Crippen LogP contribution is 2.24. The molecule has 0 radical (unpaired) electrons. The number of aromatic nitrogens is 1. The van der Waals surface area contributed by atoms with Crippen molar-refractivity contribution in [2.24, 2.45) is 0 Å². The van der Waals surface area contributed by atoms with Gasteiger partial charge >= 0.3 is 0 Å². The molecule has 0 N–H and O–H groups in total. The van der Waals surface area contributed by atoms with E-state index >= 15 is 0 Å². The Morgan fingerprint density at radius 3 is 2.31 bits per heavy atom. The van der Waals surface area contributed by atoms with Gasteiger partial charge in [0, 0.05) is 4.47 Å². The molecule has 0 aliphatic rings. The Labute approximate surface area is 161 Å². The van der Waals surface area contributed by atoms with Gasteiger partial charge in [-0.1, -0.05) is 51.8 Å². The van der Waals surface area contributed by atoms with Crippen molar-refractivity contribution >= 4 is 15.9 Å². The first kappa shape index (κ1) is 18.2. The summed E-state index contributed by atoms with van der Waals surface area (Å²) in [7, 11) is 0. The van der Waals surface area contributed by atoms with Crippen LogP contribution in [-0.2, 0) is 6.54 Å². The van der Waals surface area contributed by atoms with E-state index in [0.29, 0.717) is 12.1 Å². The van der Waals surface area contributed by atoms with Gasteiger partial charge in [0.15, 0.2) is 0 Å². The van der Waals surface area contributed by atoms with Crippen molar-refractivity contribution in [1.82, 2.24) is 4.57 Å². The molecule has 0 bridgehead atoms. The van der Waals surface area contributed by atoms with Crippen LogP contribution in [0.2, 0.25) is 0 Å². The van der Waals surface area contributed by atoms with Crippen LogP contribution in [0, 0.1) is 32.1 Å². The molecule has 4 heteroatoms. The second-order valence-corrected chi connectivity index (χ2v) is 7.44. The summed E-state index contributed by atoms with van der Waals surface area (Å²) in [5.41, 5.74) is 5.82. The van der Waals surface area contributed by atoms with Crippen LogP contribution >= 0.6 is 15.9 Å². The molecule has 0 aliphatic heterocycles. The lowest BCUT2D eigenvalue weighted by molar-refractivity contribution is 0.758. The topological polar surface area (TPSA) is 45.8 Å². The molecule has 26 heavy (non-hydrogen) atoms. The summed E-state index contributed by atoms with van der Waals surface area (Å²) < 4.78 is 2.68. The number of halogens is 1. The predicted molar refractivity (Wildman–Crippen MR) is 108 cm³/mol. The molecule has 0 aliphatic carbocycles. The summed E-state index contributed by atoms with van der Waals surface area (Å²) in [5.74, 6) is 0. The molecule has 0 unspecified atom stereocenters. The van der Waals surface area contributed by atoms with E-state index in [1.165, 1.54) is 5.56 Å². The lowest BCUT2D eigenvalue weighted by Crippen LogP contribution is -2.26. The maximum absolute atomic E-state index is 13.0. The number of rotatable bonds is 3. The van der Waals surface area contributed by atoms with Crippen LogP contribution in [0.25, 0.3) is 11.3 Å². The van der Waals surface area contributed by atoms with Crippen molar-refractivity contribution in [3.05, 3.63) is 91.2 Å². The number of aryl methyl sites for hydroxylation is 3. The van der Waals surface area contributed by atoms with Crippen molar-refractivity contribution in [2.75, 3.05) is 0 Å². The third-order valence-corrected chi connectivity index (χ3v) is 5.10. The second kappa shape index (κ2) is 7.31. The predicted octanol–water partition coefficient (Wildman–Crippen LogP) is 5.12. The maximum Gasteiger partial charge on any atom is 0.269 e. The van der Waals surface area contributed by atoms with Crippen molar-refractivity contribution in [3.8, 4) is 17.3 Å². The number of pyridine rings is 1. The monoisotopic (exact) mass is 406 g/mol. The molecule has 1 heterocycles. The Kier molecular flexibility index (Phi) is 5.11.